The molecule has 1 saturated heterocycles. The minimum atomic E-state index is -2.98. The Morgan fingerprint density at radius 3 is 2.27 bits per heavy atom. The minimum absolute atomic E-state index is 0.00495. The molecule has 1 aromatic rings. The Kier molecular flexibility index (Phi) is 7.16. The standard InChI is InChI=1S/C18H26N2O5S/c1-3-15-4-6-16(7-5-15)12-19(2)17(21)14-25-18(22)13-20-8-10-26(23,24)11-9-20/h4-7H,3,8-14H2,1-2H3. The van der Waals surface area contributed by atoms with Crippen LogP contribution in [0.3, 0.4) is 0 Å². The number of nitrogens with zero attached hydrogens (tertiary/aromatic N) is 2. The zero-order valence-corrected chi connectivity index (χ0v) is 16.1. The van der Waals surface area contributed by atoms with Crippen LogP contribution in [0.25, 0.3) is 0 Å². The van der Waals surface area contributed by atoms with Crippen LogP contribution >= 0.6 is 0 Å². The van der Waals surface area contributed by atoms with Crippen molar-refractivity contribution in [3.63, 3.8) is 0 Å². The Hall–Kier alpha value is -1.93. The first kappa shape index (κ1) is 20.4. The van der Waals surface area contributed by atoms with Crippen molar-refractivity contribution in [3.8, 4) is 0 Å². The van der Waals surface area contributed by atoms with Crippen LogP contribution in [0.1, 0.15) is 18.1 Å². The van der Waals surface area contributed by atoms with Crippen molar-refractivity contribution in [1.29, 1.82) is 0 Å². The second-order valence-corrected chi connectivity index (χ2v) is 8.81. The molecule has 1 amide bonds. The van der Waals surface area contributed by atoms with Gasteiger partial charge in [0.05, 0.1) is 18.1 Å². The van der Waals surface area contributed by atoms with E-state index in [9.17, 15) is 18.0 Å². The molecule has 1 fully saturated rings. The molecule has 0 saturated carbocycles. The fourth-order valence-corrected chi connectivity index (χ4v) is 3.91. The molecule has 0 aliphatic carbocycles. The highest BCUT2D eigenvalue weighted by molar-refractivity contribution is 7.91. The van der Waals surface area contributed by atoms with Gasteiger partial charge in [-0.1, -0.05) is 31.2 Å². The number of amides is 1. The fraction of sp³-hybridized carbons (Fsp3) is 0.556. The van der Waals surface area contributed by atoms with Gasteiger partial charge >= 0.3 is 5.97 Å². The van der Waals surface area contributed by atoms with E-state index >= 15 is 0 Å². The number of benzene rings is 1. The number of carbonyl (C=O) groups is 2. The number of hydrogen-bond donors (Lipinski definition) is 0. The second kappa shape index (κ2) is 9.14. The molecule has 0 atom stereocenters. The molecule has 0 N–H and O–H groups in total. The van der Waals surface area contributed by atoms with Gasteiger partial charge in [0.1, 0.15) is 0 Å². The Morgan fingerprint density at radius 1 is 1.12 bits per heavy atom. The van der Waals surface area contributed by atoms with Gasteiger partial charge in [0.25, 0.3) is 5.91 Å². The van der Waals surface area contributed by atoms with Crippen LogP contribution in [0.15, 0.2) is 24.3 Å². The molecule has 2 rings (SSSR count). The van der Waals surface area contributed by atoms with Crippen LogP contribution < -0.4 is 0 Å². The summed E-state index contributed by atoms with van der Waals surface area (Å²) >= 11 is 0. The van der Waals surface area contributed by atoms with Crippen molar-refractivity contribution in [2.45, 2.75) is 19.9 Å². The third-order valence-electron chi connectivity index (χ3n) is 4.42. The van der Waals surface area contributed by atoms with Crippen molar-refractivity contribution in [2.24, 2.45) is 0 Å². The van der Waals surface area contributed by atoms with Gasteiger partial charge < -0.3 is 9.64 Å². The van der Waals surface area contributed by atoms with Crippen LogP contribution in [0.2, 0.25) is 0 Å². The molecule has 26 heavy (non-hydrogen) atoms. The lowest BCUT2D eigenvalue weighted by Crippen LogP contribution is -2.43. The lowest BCUT2D eigenvalue weighted by Gasteiger charge is -2.25. The Bertz CT molecular complexity index is 716. The number of esters is 1. The summed E-state index contributed by atoms with van der Waals surface area (Å²) in [4.78, 5) is 27.2. The molecule has 7 nitrogen and oxygen atoms in total. The van der Waals surface area contributed by atoms with Gasteiger partial charge in [0, 0.05) is 26.7 Å². The third kappa shape index (κ3) is 6.42. The summed E-state index contributed by atoms with van der Waals surface area (Å²) in [6, 6.07) is 8.04. The van der Waals surface area contributed by atoms with Crippen LogP contribution in [0.5, 0.6) is 0 Å². The van der Waals surface area contributed by atoms with E-state index in [1.54, 1.807) is 11.9 Å². The lowest BCUT2D eigenvalue weighted by molar-refractivity contribution is -0.152. The number of likely N-dealkylation sites (N-methyl/N-ethyl adjacent to an activating group) is 1. The van der Waals surface area contributed by atoms with E-state index < -0.39 is 15.8 Å². The highest BCUT2D eigenvalue weighted by Crippen LogP contribution is 2.08. The van der Waals surface area contributed by atoms with Crippen molar-refractivity contribution in [3.05, 3.63) is 35.4 Å². The number of aryl methyl sites for hydroxylation is 1. The zero-order chi connectivity index (χ0) is 19.2. The SMILES string of the molecule is CCc1ccc(CN(C)C(=O)COC(=O)CN2CCS(=O)(=O)CC2)cc1. The van der Waals surface area contributed by atoms with Crippen LogP contribution in [0, 0.1) is 0 Å². The molecule has 8 heteroatoms. The van der Waals surface area contributed by atoms with Gasteiger partial charge in [0.15, 0.2) is 16.4 Å². The summed E-state index contributed by atoms with van der Waals surface area (Å²) in [6.07, 6.45) is 0.966. The van der Waals surface area contributed by atoms with Gasteiger partial charge in [-0.15, -0.1) is 0 Å². The summed E-state index contributed by atoms with van der Waals surface area (Å²) in [5, 5.41) is 0. The Morgan fingerprint density at radius 2 is 1.69 bits per heavy atom. The lowest BCUT2D eigenvalue weighted by atomic mass is 10.1. The number of hydrogen-bond acceptors (Lipinski definition) is 6. The smallest absolute Gasteiger partial charge is 0.320 e. The molecule has 1 heterocycles. The molecule has 0 bridgehead atoms. The van der Waals surface area contributed by atoms with Crippen molar-refractivity contribution < 1.29 is 22.7 Å². The van der Waals surface area contributed by atoms with E-state index in [2.05, 4.69) is 6.92 Å². The van der Waals surface area contributed by atoms with Gasteiger partial charge in [0.2, 0.25) is 0 Å². The normalized spacial score (nSPS) is 16.8. The monoisotopic (exact) mass is 382 g/mol. The summed E-state index contributed by atoms with van der Waals surface area (Å²) in [5.74, 6) is -0.685. The van der Waals surface area contributed by atoms with E-state index in [1.807, 2.05) is 24.3 Å². The molecule has 1 aromatic carbocycles. The maximum Gasteiger partial charge on any atom is 0.320 e. The summed E-state index contributed by atoms with van der Waals surface area (Å²) in [7, 11) is -1.31. The first-order valence-electron chi connectivity index (χ1n) is 8.69. The molecule has 1 aliphatic rings. The summed E-state index contributed by atoms with van der Waals surface area (Å²) in [6.45, 7) is 2.86. The van der Waals surface area contributed by atoms with Gasteiger partial charge in [-0.05, 0) is 17.5 Å². The van der Waals surface area contributed by atoms with Crippen molar-refractivity contribution in [1.82, 2.24) is 9.80 Å². The largest absolute Gasteiger partial charge is 0.455 e. The second-order valence-electron chi connectivity index (χ2n) is 6.51. The molecular formula is C18H26N2O5S. The third-order valence-corrected chi connectivity index (χ3v) is 6.03. The average Bonchev–Trinajstić information content (AvgIpc) is 2.62. The van der Waals surface area contributed by atoms with E-state index in [4.69, 9.17) is 4.74 Å². The van der Waals surface area contributed by atoms with Crippen molar-refractivity contribution in [2.75, 3.05) is 44.8 Å². The number of carbonyl (C=O) groups excluding carboxylic acids is 2. The Labute approximate surface area is 154 Å². The summed E-state index contributed by atoms with van der Waals surface area (Å²) in [5.41, 5.74) is 2.25. The first-order chi connectivity index (χ1) is 12.3. The van der Waals surface area contributed by atoms with E-state index in [0.717, 1.165) is 12.0 Å². The van der Waals surface area contributed by atoms with Gasteiger partial charge in [-0.3, -0.25) is 14.5 Å². The van der Waals surface area contributed by atoms with Crippen LogP contribution in [0.4, 0.5) is 0 Å². The highest BCUT2D eigenvalue weighted by atomic mass is 32.2. The molecule has 0 aromatic heterocycles. The molecule has 0 unspecified atom stereocenters. The number of sulfone groups is 1. The van der Waals surface area contributed by atoms with Crippen LogP contribution in [-0.2, 0) is 37.1 Å². The topological polar surface area (TPSA) is 84.0 Å². The minimum Gasteiger partial charge on any atom is -0.455 e. The van der Waals surface area contributed by atoms with E-state index in [1.165, 1.54) is 10.5 Å². The fourth-order valence-electron chi connectivity index (χ4n) is 2.63. The predicted octanol–water partition coefficient (Wildman–Crippen LogP) is 0.481. The maximum absolute atomic E-state index is 12.1. The number of rotatable bonds is 7. The Balaban J connectivity index is 1.72. The van der Waals surface area contributed by atoms with E-state index in [-0.39, 0.29) is 30.6 Å². The first-order valence-corrected chi connectivity index (χ1v) is 10.5. The van der Waals surface area contributed by atoms with E-state index in [0.29, 0.717) is 19.6 Å². The molecule has 0 radical (unpaired) electrons. The molecular weight excluding hydrogens is 356 g/mol. The zero-order valence-electron chi connectivity index (χ0n) is 15.3. The molecule has 1 aliphatic heterocycles. The molecule has 0 spiro atoms. The van der Waals surface area contributed by atoms with Crippen LogP contribution in [-0.4, -0.2) is 74.9 Å². The number of ether oxygens (including phenoxy) is 1. The van der Waals surface area contributed by atoms with Gasteiger partial charge in [-0.25, -0.2) is 8.42 Å². The molecule has 144 valence electrons. The highest BCUT2D eigenvalue weighted by Gasteiger charge is 2.23. The van der Waals surface area contributed by atoms with Crippen molar-refractivity contribution >= 4 is 21.7 Å². The average molecular weight is 382 g/mol. The predicted molar refractivity (Wildman–Crippen MR) is 98.3 cm³/mol. The van der Waals surface area contributed by atoms with Gasteiger partial charge in [-0.2, -0.15) is 0 Å². The summed E-state index contributed by atoms with van der Waals surface area (Å²) < 4.78 is 27.8. The quantitative estimate of drug-likeness (QED) is 0.638. The maximum atomic E-state index is 12.1.